The van der Waals surface area contributed by atoms with Crippen LogP contribution < -0.4 is 0 Å². The number of nitrogens with zero attached hydrogens (tertiary/aromatic N) is 3. The van der Waals surface area contributed by atoms with Crippen molar-refractivity contribution in [2.45, 2.75) is 5.60 Å². The monoisotopic (exact) mass is 167 g/mol. The van der Waals surface area contributed by atoms with E-state index in [2.05, 4.69) is 17.1 Å². The van der Waals surface area contributed by atoms with Crippen molar-refractivity contribution in [3.05, 3.63) is 0 Å². The van der Waals surface area contributed by atoms with Crippen LogP contribution in [0.1, 0.15) is 0 Å². The fourth-order valence-electron chi connectivity index (χ4n) is 0.312. The Morgan fingerprint density at radius 2 is 1.64 bits per heavy atom. The maximum atomic E-state index is 8.47. The molecule has 0 saturated heterocycles. The number of hydrogen-bond acceptors (Lipinski definition) is 6. The van der Waals surface area contributed by atoms with Crippen LogP contribution in [-0.4, -0.2) is 17.0 Å². The van der Waals surface area contributed by atoms with E-state index in [1.807, 2.05) is 0 Å². The predicted octanol–water partition coefficient (Wildman–Crippen LogP) is -0.780. The van der Waals surface area contributed by atoms with Crippen molar-refractivity contribution >= 4 is 18.9 Å². The van der Waals surface area contributed by atoms with E-state index in [0.717, 1.165) is 0 Å². The van der Waals surface area contributed by atoms with E-state index < -0.39 is 12.0 Å². The SMILES string of the molecule is N#CC(C#N)(C#N)OB(O)S. The highest BCUT2D eigenvalue weighted by molar-refractivity contribution is 8.08. The molecule has 0 rings (SSSR count). The molecule has 54 valence electrons. The van der Waals surface area contributed by atoms with Gasteiger partial charge in [-0.1, -0.05) is 0 Å². The van der Waals surface area contributed by atoms with Crippen molar-refractivity contribution in [3.63, 3.8) is 0 Å². The van der Waals surface area contributed by atoms with Crippen LogP contribution in [0.3, 0.4) is 0 Å². The first kappa shape index (κ1) is 9.80. The van der Waals surface area contributed by atoms with Gasteiger partial charge in [0.15, 0.2) is 0 Å². The molecule has 0 aliphatic rings. The van der Waals surface area contributed by atoms with Gasteiger partial charge >= 0.3 is 12.0 Å². The maximum absolute atomic E-state index is 8.47. The molecule has 0 aromatic rings. The quantitative estimate of drug-likeness (QED) is 0.414. The van der Waals surface area contributed by atoms with Gasteiger partial charge in [-0.3, -0.25) is 0 Å². The zero-order valence-corrected chi connectivity index (χ0v) is 6.12. The molecule has 11 heavy (non-hydrogen) atoms. The van der Waals surface area contributed by atoms with Crippen LogP contribution in [0.25, 0.3) is 0 Å². The summed E-state index contributed by atoms with van der Waals surface area (Å²) >= 11 is 3.33. The lowest BCUT2D eigenvalue weighted by molar-refractivity contribution is 0.214. The molecule has 0 bridgehead atoms. The lowest BCUT2D eigenvalue weighted by atomic mass is 10.1. The molecule has 0 aliphatic heterocycles. The summed E-state index contributed by atoms with van der Waals surface area (Å²) in [7, 11) is 0. The summed E-state index contributed by atoms with van der Waals surface area (Å²) in [4.78, 5) is 0. The van der Waals surface area contributed by atoms with Gasteiger partial charge in [0.25, 0.3) is 0 Å². The summed E-state index contributed by atoms with van der Waals surface area (Å²) in [5.41, 5.74) is -2.26. The zero-order valence-electron chi connectivity index (χ0n) is 5.22. The lowest BCUT2D eigenvalue weighted by Crippen LogP contribution is -2.32. The van der Waals surface area contributed by atoms with E-state index in [1.165, 1.54) is 18.2 Å². The fourth-order valence-corrected chi connectivity index (χ4v) is 0.470. The first-order chi connectivity index (χ1) is 5.10. The topological polar surface area (TPSA) is 101 Å². The molecule has 0 amide bonds. The van der Waals surface area contributed by atoms with Gasteiger partial charge in [0.2, 0.25) is 0 Å². The molecule has 5 nitrogen and oxygen atoms in total. The third-order valence-corrected chi connectivity index (χ3v) is 0.860. The highest BCUT2D eigenvalue weighted by Crippen LogP contribution is 2.08. The Bertz CT molecular complexity index is 224. The number of thiol groups is 1. The minimum absolute atomic E-state index is 1.29. The van der Waals surface area contributed by atoms with Crippen molar-refractivity contribution in [1.82, 2.24) is 0 Å². The number of nitriles is 3. The zero-order chi connectivity index (χ0) is 8.91. The van der Waals surface area contributed by atoms with Gasteiger partial charge in [-0.05, 0) is 0 Å². The summed E-state index contributed by atoms with van der Waals surface area (Å²) in [5, 5.41) is 33.3. The van der Waals surface area contributed by atoms with E-state index in [-0.39, 0.29) is 0 Å². The number of hydrogen-bond donors (Lipinski definition) is 2. The van der Waals surface area contributed by atoms with Crippen LogP contribution in [0.15, 0.2) is 0 Å². The first-order valence-corrected chi connectivity index (χ1v) is 2.89. The van der Waals surface area contributed by atoms with Crippen LogP contribution in [0.2, 0.25) is 0 Å². The van der Waals surface area contributed by atoms with E-state index in [0.29, 0.717) is 0 Å². The van der Waals surface area contributed by atoms with Crippen molar-refractivity contribution in [2.75, 3.05) is 0 Å². The summed E-state index contributed by atoms with van der Waals surface area (Å²) in [6.07, 6.45) is -1.62. The molecule has 0 aliphatic carbocycles. The number of rotatable bonds is 2. The molecule has 1 N–H and O–H groups in total. The Kier molecular flexibility index (Phi) is 3.43. The average molecular weight is 167 g/mol. The van der Waals surface area contributed by atoms with E-state index in [9.17, 15) is 0 Å². The van der Waals surface area contributed by atoms with Crippen molar-refractivity contribution in [2.24, 2.45) is 0 Å². The molecular weight excluding hydrogens is 165 g/mol. The van der Waals surface area contributed by atoms with Crippen LogP contribution in [0.5, 0.6) is 0 Å². The molecule has 0 unspecified atom stereocenters. The first-order valence-electron chi connectivity index (χ1n) is 2.38. The second-order valence-corrected chi connectivity index (χ2v) is 1.90. The highest BCUT2D eigenvalue weighted by Gasteiger charge is 2.34. The van der Waals surface area contributed by atoms with Gasteiger partial charge in [0.1, 0.15) is 18.2 Å². The van der Waals surface area contributed by atoms with Gasteiger partial charge in [0.05, 0.1) is 0 Å². The molecule has 0 atom stereocenters. The van der Waals surface area contributed by atoms with Gasteiger partial charge in [-0.25, -0.2) is 0 Å². The van der Waals surface area contributed by atoms with Crippen molar-refractivity contribution in [1.29, 1.82) is 15.8 Å². The Labute approximate surface area is 68.9 Å². The van der Waals surface area contributed by atoms with Gasteiger partial charge in [-0.2, -0.15) is 28.3 Å². The standard InChI is InChI=1S/C4H2BN3O2S/c6-1-4(2-7,3-8)10-5(9)11/h9,11H. The molecule has 0 saturated carbocycles. The predicted molar refractivity (Wildman–Crippen MR) is 37.6 cm³/mol. The summed E-state index contributed by atoms with van der Waals surface area (Å²) in [6, 6.07) is 3.88. The molecular formula is C4H2BN3O2S. The van der Waals surface area contributed by atoms with Crippen LogP contribution in [-0.2, 0) is 4.65 Å². The molecule has 0 spiro atoms. The largest absolute Gasteiger partial charge is 0.528 e. The molecule has 0 aromatic heterocycles. The minimum Gasteiger partial charge on any atom is -0.418 e. The van der Waals surface area contributed by atoms with E-state index in [1.54, 1.807) is 0 Å². The van der Waals surface area contributed by atoms with Crippen LogP contribution in [0.4, 0.5) is 0 Å². The molecule has 0 aromatic carbocycles. The lowest BCUT2D eigenvalue weighted by Gasteiger charge is -2.09. The van der Waals surface area contributed by atoms with Crippen LogP contribution in [0, 0.1) is 34.0 Å². The molecule has 0 fully saturated rings. The third kappa shape index (κ3) is 2.49. The van der Waals surface area contributed by atoms with Gasteiger partial charge in [0, 0.05) is 0 Å². The Morgan fingerprint density at radius 1 is 1.27 bits per heavy atom. The second kappa shape index (κ2) is 3.85. The Balaban J connectivity index is 4.54. The summed E-state index contributed by atoms with van der Waals surface area (Å²) < 4.78 is 4.22. The summed E-state index contributed by atoms with van der Waals surface area (Å²) in [6.45, 7) is 0. The van der Waals surface area contributed by atoms with Gasteiger partial charge in [-0.15, -0.1) is 0 Å². The average Bonchev–Trinajstić information content (AvgIpc) is 2.00. The summed E-state index contributed by atoms with van der Waals surface area (Å²) in [5.74, 6) is 0. The third-order valence-electron chi connectivity index (χ3n) is 0.755. The molecule has 0 heterocycles. The van der Waals surface area contributed by atoms with Gasteiger partial charge < -0.3 is 9.68 Å². The normalized spacial score (nSPS) is 9.00. The van der Waals surface area contributed by atoms with Crippen LogP contribution >= 0.6 is 12.5 Å². The Hall–Kier alpha value is -1.20. The van der Waals surface area contributed by atoms with Crippen molar-refractivity contribution in [3.8, 4) is 18.2 Å². The highest BCUT2D eigenvalue weighted by atomic mass is 32.1. The Morgan fingerprint density at radius 3 is 1.73 bits per heavy atom. The van der Waals surface area contributed by atoms with E-state index >= 15 is 0 Å². The maximum Gasteiger partial charge on any atom is 0.528 e. The van der Waals surface area contributed by atoms with E-state index in [4.69, 9.17) is 20.8 Å². The minimum atomic E-state index is -2.26. The van der Waals surface area contributed by atoms with Crippen molar-refractivity contribution < 1.29 is 9.68 Å². The smallest absolute Gasteiger partial charge is 0.418 e. The fraction of sp³-hybridized carbons (Fsp3) is 0.250. The molecule has 7 heteroatoms. The molecule has 0 radical (unpaired) electrons. The second-order valence-electron chi connectivity index (χ2n) is 1.46.